The molecular weight excluding hydrogens is 671 g/mol. The van der Waals surface area contributed by atoms with E-state index in [2.05, 4.69) is 195 Å². The van der Waals surface area contributed by atoms with Crippen LogP contribution in [0.1, 0.15) is 36.1 Å². The number of hydrogen-bond acceptors (Lipinski definition) is 3. The maximum Gasteiger partial charge on any atom is 0.137 e. The lowest BCUT2D eigenvalue weighted by molar-refractivity contribution is 0.355. The molecule has 0 N–H and O–H groups in total. The van der Waals surface area contributed by atoms with Crippen molar-refractivity contribution < 1.29 is 8.83 Å². The van der Waals surface area contributed by atoms with Crippen molar-refractivity contribution in [2.45, 2.75) is 24.7 Å². The van der Waals surface area contributed by atoms with E-state index in [4.69, 9.17) is 8.83 Å². The summed E-state index contributed by atoms with van der Waals surface area (Å²) in [6.45, 7) is 4.85. The average molecular weight is 708 g/mol. The van der Waals surface area contributed by atoms with Crippen molar-refractivity contribution in [3.63, 3.8) is 0 Å². The van der Waals surface area contributed by atoms with E-state index >= 15 is 0 Å². The maximum absolute atomic E-state index is 6.57. The van der Waals surface area contributed by atoms with Crippen LogP contribution in [0.25, 0.3) is 55.0 Å². The van der Waals surface area contributed by atoms with Crippen molar-refractivity contribution in [2.24, 2.45) is 0 Å². The second kappa shape index (κ2) is 11.8. The Balaban J connectivity index is 1.17. The van der Waals surface area contributed by atoms with Crippen LogP contribution in [0.3, 0.4) is 0 Å². The van der Waals surface area contributed by atoms with Crippen LogP contribution in [0.5, 0.6) is 0 Å². The van der Waals surface area contributed by atoms with E-state index in [1.165, 1.54) is 33.4 Å². The van der Waals surface area contributed by atoms with Crippen molar-refractivity contribution >= 4 is 60.9 Å². The molecule has 10 aromatic rings. The van der Waals surface area contributed by atoms with Gasteiger partial charge < -0.3 is 13.7 Å². The molecule has 3 heteroatoms. The summed E-state index contributed by atoms with van der Waals surface area (Å²) in [5.41, 5.74) is 13.4. The number of fused-ring (bicyclic) bond motifs is 9. The van der Waals surface area contributed by atoms with E-state index in [1.54, 1.807) is 0 Å². The molecule has 8 aromatic carbocycles. The van der Waals surface area contributed by atoms with Gasteiger partial charge in [-0.3, -0.25) is 0 Å². The van der Waals surface area contributed by atoms with Gasteiger partial charge in [0.25, 0.3) is 0 Å². The summed E-state index contributed by atoms with van der Waals surface area (Å²) in [6, 6.07) is 67.8. The molecule has 11 rings (SSSR count). The molecule has 0 spiro atoms. The van der Waals surface area contributed by atoms with Crippen molar-refractivity contribution in [3.8, 4) is 11.1 Å². The molecule has 3 nitrogen and oxygen atoms in total. The Morgan fingerprint density at radius 3 is 1.69 bits per heavy atom. The first kappa shape index (κ1) is 31.7. The van der Waals surface area contributed by atoms with Gasteiger partial charge in [0.1, 0.15) is 22.3 Å². The second-order valence-electron chi connectivity index (χ2n) is 15.2. The van der Waals surface area contributed by atoms with Crippen molar-refractivity contribution in [1.29, 1.82) is 0 Å². The lowest BCUT2D eigenvalue weighted by atomic mass is 9.48. The van der Waals surface area contributed by atoms with Crippen LogP contribution in [-0.4, -0.2) is 0 Å². The van der Waals surface area contributed by atoms with E-state index in [-0.39, 0.29) is 5.41 Å². The first-order valence-electron chi connectivity index (χ1n) is 19.0. The van der Waals surface area contributed by atoms with Gasteiger partial charge in [0.15, 0.2) is 0 Å². The number of hydrogen-bond donors (Lipinski definition) is 0. The van der Waals surface area contributed by atoms with Gasteiger partial charge in [-0.1, -0.05) is 141 Å². The van der Waals surface area contributed by atoms with Crippen LogP contribution in [0, 0.1) is 0 Å². The van der Waals surface area contributed by atoms with Gasteiger partial charge in [-0.25, -0.2) is 0 Å². The molecule has 1 unspecified atom stereocenters. The van der Waals surface area contributed by atoms with E-state index in [0.29, 0.717) is 0 Å². The molecule has 1 aliphatic rings. The predicted molar refractivity (Wildman–Crippen MR) is 227 cm³/mol. The van der Waals surface area contributed by atoms with Crippen LogP contribution >= 0.6 is 0 Å². The molecule has 55 heavy (non-hydrogen) atoms. The molecule has 0 saturated carbocycles. The third kappa shape index (κ3) is 4.44. The molecule has 2 aromatic heterocycles. The Kier molecular flexibility index (Phi) is 6.81. The van der Waals surface area contributed by atoms with Gasteiger partial charge >= 0.3 is 0 Å². The fourth-order valence-electron chi connectivity index (χ4n) is 9.83. The lowest BCUT2D eigenvalue weighted by Crippen LogP contribution is -2.50. The third-order valence-corrected chi connectivity index (χ3v) is 12.2. The first-order valence-corrected chi connectivity index (χ1v) is 19.0. The van der Waals surface area contributed by atoms with Crippen LogP contribution in [-0.2, 0) is 10.8 Å². The fourth-order valence-corrected chi connectivity index (χ4v) is 9.83. The minimum Gasteiger partial charge on any atom is -0.456 e. The third-order valence-electron chi connectivity index (χ3n) is 12.2. The quantitative estimate of drug-likeness (QED) is 0.178. The summed E-state index contributed by atoms with van der Waals surface area (Å²) in [7, 11) is 0. The van der Waals surface area contributed by atoms with Crippen LogP contribution in [0.2, 0.25) is 0 Å². The zero-order valence-electron chi connectivity index (χ0n) is 30.7. The normalized spacial score (nSPS) is 16.0. The molecule has 0 aliphatic heterocycles. The molecular formula is C52H37NO2. The van der Waals surface area contributed by atoms with Crippen molar-refractivity contribution in [3.05, 3.63) is 210 Å². The summed E-state index contributed by atoms with van der Waals surface area (Å²) >= 11 is 0. The van der Waals surface area contributed by atoms with Crippen LogP contribution < -0.4 is 4.90 Å². The molecule has 0 radical (unpaired) electrons. The Bertz CT molecular complexity index is 3080. The lowest BCUT2D eigenvalue weighted by Gasteiger charge is -2.53. The number of para-hydroxylation sites is 3. The minimum absolute atomic E-state index is 0.377. The standard InChI is InChI=1S/C52H37NO2/c1-51(2)43-21-10-6-17-38(43)39-18-7-11-22-44(39)52(51,45-23-14-26-48-50(45)42-20-9-13-25-47(42)54-48)34-27-29-36(30-28-34)53(35-15-4-3-5-16-35)37-31-32-41-40-19-8-12-24-46(40)55-49(41)33-37/h3-33H,1-2H3. The number of anilines is 3. The Morgan fingerprint density at radius 2 is 0.909 bits per heavy atom. The molecule has 2 heterocycles. The number of benzene rings is 8. The summed E-state index contributed by atoms with van der Waals surface area (Å²) in [6.07, 6.45) is 0. The van der Waals surface area contributed by atoms with Gasteiger partial charge in [-0.15, -0.1) is 0 Å². The monoisotopic (exact) mass is 707 g/mol. The SMILES string of the molecule is CC1(C)c2ccccc2-c2ccccc2C1(c1ccc(N(c2ccccc2)c2ccc3c(c2)oc2ccccc23)cc1)c1cccc2oc3ccccc3c12. The highest BCUT2D eigenvalue weighted by molar-refractivity contribution is 6.08. The number of rotatable bonds is 5. The second-order valence-corrected chi connectivity index (χ2v) is 15.2. The van der Waals surface area contributed by atoms with Crippen molar-refractivity contribution in [2.75, 3.05) is 4.90 Å². The molecule has 0 bridgehead atoms. The Hall–Kier alpha value is -6.84. The molecule has 262 valence electrons. The van der Waals surface area contributed by atoms with E-state index < -0.39 is 5.41 Å². The molecule has 1 atom stereocenters. The summed E-state index contributed by atoms with van der Waals surface area (Å²) in [4.78, 5) is 2.32. The number of furan rings is 2. The smallest absolute Gasteiger partial charge is 0.137 e. The van der Waals surface area contributed by atoms with Gasteiger partial charge in [0.2, 0.25) is 0 Å². The summed E-state index contributed by atoms with van der Waals surface area (Å²) in [5, 5.41) is 4.54. The minimum atomic E-state index is -0.590. The predicted octanol–water partition coefficient (Wildman–Crippen LogP) is 14.2. The zero-order chi connectivity index (χ0) is 36.7. The topological polar surface area (TPSA) is 29.5 Å². The van der Waals surface area contributed by atoms with Gasteiger partial charge in [-0.2, -0.15) is 0 Å². The van der Waals surface area contributed by atoms with Gasteiger partial charge in [-0.05, 0) is 88.0 Å². The van der Waals surface area contributed by atoms with E-state index in [1.807, 2.05) is 12.1 Å². The van der Waals surface area contributed by atoms with Gasteiger partial charge in [0.05, 0.1) is 5.41 Å². The van der Waals surface area contributed by atoms with Crippen molar-refractivity contribution in [1.82, 2.24) is 0 Å². The highest BCUT2D eigenvalue weighted by Gasteiger charge is 2.55. The fraction of sp³-hybridized carbons (Fsp3) is 0.0769. The van der Waals surface area contributed by atoms with Crippen LogP contribution in [0.15, 0.2) is 197 Å². The Morgan fingerprint density at radius 1 is 0.382 bits per heavy atom. The molecule has 1 aliphatic carbocycles. The number of nitrogens with zero attached hydrogens (tertiary/aromatic N) is 1. The maximum atomic E-state index is 6.57. The molecule has 0 amide bonds. The van der Waals surface area contributed by atoms with Gasteiger partial charge in [0, 0.05) is 50.1 Å². The summed E-state index contributed by atoms with van der Waals surface area (Å²) in [5.74, 6) is 0. The highest BCUT2D eigenvalue weighted by Crippen LogP contribution is 2.61. The first-order chi connectivity index (χ1) is 27.0. The van der Waals surface area contributed by atoms with E-state index in [9.17, 15) is 0 Å². The zero-order valence-corrected chi connectivity index (χ0v) is 30.7. The highest BCUT2D eigenvalue weighted by atomic mass is 16.3. The average Bonchev–Trinajstić information content (AvgIpc) is 3.80. The Labute approximate surface area is 319 Å². The molecule has 0 fully saturated rings. The van der Waals surface area contributed by atoms with Crippen LogP contribution in [0.4, 0.5) is 17.1 Å². The summed E-state index contributed by atoms with van der Waals surface area (Å²) < 4.78 is 13.0. The molecule has 0 saturated heterocycles. The van der Waals surface area contributed by atoms with E-state index in [0.717, 1.165) is 60.9 Å². The largest absolute Gasteiger partial charge is 0.456 e.